The first-order chi connectivity index (χ1) is 44.9. The van der Waals surface area contributed by atoms with Crippen LogP contribution in [0.25, 0.3) is 0 Å². The predicted molar refractivity (Wildman–Crippen MR) is 377 cm³/mol. The molecule has 0 bridgehead atoms. The lowest BCUT2D eigenvalue weighted by atomic mass is 9.99. The molecule has 0 amide bonds. The number of phosphoric ester groups is 2. The zero-order valence-corrected chi connectivity index (χ0v) is 62.3. The summed E-state index contributed by atoms with van der Waals surface area (Å²) >= 11 is 0. The molecule has 93 heavy (non-hydrogen) atoms. The van der Waals surface area contributed by atoms with Gasteiger partial charge < -0.3 is 33.8 Å². The van der Waals surface area contributed by atoms with Crippen LogP contribution < -0.4 is 0 Å². The minimum Gasteiger partial charge on any atom is -0.462 e. The summed E-state index contributed by atoms with van der Waals surface area (Å²) in [7, 11) is -9.91. The zero-order chi connectivity index (χ0) is 68.6. The van der Waals surface area contributed by atoms with E-state index < -0.39 is 97.5 Å². The summed E-state index contributed by atoms with van der Waals surface area (Å²) in [6, 6.07) is 0. The Morgan fingerprint density at radius 3 is 0.817 bits per heavy atom. The van der Waals surface area contributed by atoms with E-state index in [1.54, 1.807) is 0 Å². The topological polar surface area (TPSA) is 237 Å². The van der Waals surface area contributed by atoms with Gasteiger partial charge in [0, 0.05) is 25.7 Å². The van der Waals surface area contributed by atoms with Gasteiger partial charge in [0.25, 0.3) is 0 Å². The number of hydrogen-bond donors (Lipinski definition) is 3. The maximum atomic E-state index is 13.1. The summed E-state index contributed by atoms with van der Waals surface area (Å²) in [6.07, 6.45) is 52.6. The summed E-state index contributed by atoms with van der Waals surface area (Å²) < 4.78 is 68.5. The van der Waals surface area contributed by atoms with E-state index in [1.807, 2.05) is 0 Å². The van der Waals surface area contributed by atoms with Gasteiger partial charge in [-0.25, -0.2) is 9.13 Å². The second-order valence-corrected chi connectivity index (χ2v) is 30.3. The maximum absolute atomic E-state index is 13.1. The molecule has 0 aromatic rings. The number of rotatable bonds is 73. The lowest BCUT2D eigenvalue weighted by molar-refractivity contribution is -0.161. The Morgan fingerprint density at radius 2 is 0.548 bits per heavy atom. The molecule has 0 saturated carbocycles. The Morgan fingerprint density at radius 1 is 0.312 bits per heavy atom. The van der Waals surface area contributed by atoms with Crippen LogP contribution in [-0.2, 0) is 65.4 Å². The van der Waals surface area contributed by atoms with Gasteiger partial charge >= 0.3 is 39.5 Å². The Kier molecular flexibility index (Phi) is 64.6. The molecule has 3 N–H and O–H groups in total. The van der Waals surface area contributed by atoms with Crippen LogP contribution in [0.2, 0.25) is 0 Å². The van der Waals surface area contributed by atoms with E-state index in [-0.39, 0.29) is 25.7 Å². The molecule has 0 fully saturated rings. The minimum atomic E-state index is -4.96. The summed E-state index contributed by atoms with van der Waals surface area (Å²) in [5.41, 5.74) is 0. The fraction of sp³-hybridized carbons (Fsp3) is 0.946. The number of esters is 4. The lowest BCUT2D eigenvalue weighted by Gasteiger charge is -2.21. The molecule has 552 valence electrons. The average Bonchev–Trinajstić information content (AvgIpc) is 2.85. The van der Waals surface area contributed by atoms with Crippen LogP contribution in [0.15, 0.2) is 0 Å². The first-order valence-electron chi connectivity index (χ1n) is 38.5. The van der Waals surface area contributed by atoms with Crippen LogP contribution in [0.3, 0.4) is 0 Å². The normalized spacial score (nSPS) is 14.3. The fourth-order valence-corrected chi connectivity index (χ4v) is 12.8. The molecular formula is C74H144O17P2. The van der Waals surface area contributed by atoms with Crippen molar-refractivity contribution in [2.24, 2.45) is 11.8 Å². The highest BCUT2D eigenvalue weighted by atomic mass is 31.2. The average molecular weight is 1370 g/mol. The molecule has 0 spiro atoms. The Hall–Kier alpha value is -1.94. The largest absolute Gasteiger partial charge is 0.472 e. The predicted octanol–water partition coefficient (Wildman–Crippen LogP) is 21.6. The minimum absolute atomic E-state index is 0.107. The van der Waals surface area contributed by atoms with E-state index in [9.17, 15) is 43.2 Å². The number of hydrogen-bond acceptors (Lipinski definition) is 15. The summed E-state index contributed by atoms with van der Waals surface area (Å²) in [4.78, 5) is 72.7. The summed E-state index contributed by atoms with van der Waals surface area (Å²) in [6.45, 7) is 9.56. The molecule has 0 heterocycles. The first-order valence-corrected chi connectivity index (χ1v) is 41.5. The molecule has 17 nitrogen and oxygen atoms in total. The van der Waals surface area contributed by atoms with Gasteiger partial charge in [-0.1, -0.05) is 330 Å². The van der Waals surface area contributed by atoms with Crippen molar-refractivity contribution in [2.75, 3.05) is 39.6 Å². The monoisotopic (exact) mass is 1370 g/mol. The number of unbranched alkanes of at least 4 members (excludes halogenated alkanes) is 42. The number of ether oxygens (including phenoxy) is 4. The van der Waals surface area contributed by atoms with Crippen molar-refractivity contribution in [1.29, 1.82) is 0 Å². The molecule has 6 atom stereocenters. The summed E-state index contributed by atoms with van der Waals surface area (Å²) in [5, 5.41) is 10.6. The molecule has 0 rings (SSSR count). The third-order valence-electron chi connectivity index (χ3n) is 17.6. The number of aliphatic hydroxyl groups excluding tert-OH is 1. The van der Waals surface area contributed by atoms with E-state index in [1.165, 1.54) is 193 Å². The number of carbonyl (C=O) groups excluding carboxylic acids is 4. The Labute approximate surface area is 568 Å². The molecule has 0 aromatic heterocycles. The van der Waals surface area contributed by atoms with Gasteiger partial charge in [0.15, 0.2) is 12.2 Å². The molecule has 0 aliphatic heterocycles. The molecule has 0 saturated heterocycles. The Bertz CT molecular complexity index is 1810. The van der Waals surface area contributed by atoms with Crippen LogP contribution in [-0.4, -0.2) is 96.7 Å². The van der Waals surface area contributed by atoms with E-state index in [2.05, 4.69) is 41.5 Å². The molecule has 0 aliphatic carbocycles. The zero-order valence-electron chi connectivity index (χ0n) is 60.6. The van der Waals surface area contributed by atoms with Crippen LogP contribution in [0, 0.1) is 11.8 Å². The van der Waals surface area contributed by atoms with E-state index in [0.717, 1.165) is 102 Å². The quantitative estimate of drug-likeness (QED) is 0.0222. The van der Waals surface area contributed by atoms with E-state index in [4.69, 9.17) is 37.0 Å². The van der Waals surface area contributed by atoms with Gasteiger partial charge in [0.1, 0.15) is 19.3 Å². The molecule has 0 aliphatic rings. The van der Waals surface area contributed by atoms with Crippen LogP contribution in [0.1, 0.15) is 382 Å². The van der Waals surface area contributed by atoms with Gasteiger partial charge in [-0.2, -0.15) is 0 Å². The standard InChI is InChI=1S/C74H144O17P2/c1-7-10-12-14-16-18-20-22-24-26-28-34-40-47-53-59-73(78)90-69(62-84-71(76)56-50-44-38-32-30-29-31-37-43-49-55-67(6)9-3)64-88-92(80,81)86-60-68(75)61-87-93(82,83)89-65-70(63-85-72(77)57-51-45-41-35-36-42-48-54-66(4)5)91-74(79)58-52-46-39-33-27-25-23-21-19-17-15-13-11-8-2/h66-70,75H,7-65H2,1-6H3,(H,80,81)(H,82,83)/t67?,68-,69-,70-/m1/s1. The first kappa shape index (κ1) is 91.1. The SMILES string of the molecule is CCCCCCCCCCCCCCCCCC(=O)O[C@H](COC(=O)CCCCCCCCCCCCC(C)CC)COP(=O)(O)OC[C@@H](O)COP(=O)(O)OC[C@@H](COC(=O)CCCCCCCCCC(C)C)OC(=O)CCCCCCCCCCCCCCCC. The van der Waals surface area contributed by atoms with E-state index >= 15 is 0 Å². The molecular weight excluding hydrogens is 1220 g/mol. The number of phosphoric acid groups is 2. The van der Waals surface area contributed by atoms with Gasteiger partial charge in [-0.3, -0.25) is 37.3 Å². The number of aliphatic hydroxyl groups is 1. The van der Waals surface area contributed by atoms with Gasteiger partial charge in [-0.05, 0) is 37.5 Å². The van der Waals surface area contributed by atoms with Crippen LogP contribution in [0.4, 0.5) is 0 Å². The highest BCUT2D eigenvalue weighted by Gasteiger charge is 2.30. The third kappa shape index (κ3) is 67.0. The van der Waals surface area contributed by atoms with Gasteiger partial charge in [0.2, 0.25) is 0 Å². The van der Waals surface area contributed by atoms with Gasteiger partial charge in [0.05, 0.1) is 26.4 Å². The van der Waals surface area contributed by atoms with Crippen molar-refractivity contribution in [3.05, 3.63) is 0 Å². The van der Waals surface area contributed by atoms with Crippen molar-refractivity contribution < 1.29 is 80.2 Å². The van der Waals surface area contributed by atoms with Crippen LogP contribution in [0.5, 0.6) is 0 Å². The Balaban J connectivity index is 5.26. The molecule has 0 radical (unpaired) electrons. The second kappa shape index (κ2) is 66.0. The molecule has 19 heteroatoms. The third-order valence-corrected chi connectivity index (χ3v) is 19.5. The van der Waals surface area contributed by atoms with Crippen molar-refractivity contribution in [2.45, 2.75) is 400 Å². The summed E-state index contributed by atoms with van der Waals surface area (Å²) in [5.74, 6) is -0.602. The molecule has 0 aromatic carbocycles. The highest BCUT2D eigenvalue weighted by Crippen LogP contribution is 2.45. The fourth-order valence-electron chi connectivity index (χ4n) is 11.3. The van der Waals surface area contributed by atoms with Crippen molar-refractivity contribution >= 4 is 39.5 Å². The van der Waals surface area contributed by atoms with Crippen molar-refractivity contribution in [1.82, 2.24) is 0 Å². The van der Waals surface area contributed by atoms with E-state index in [0.29, 0.717) is 31.6 Å². The smallest absolute Gasteiger partial charge is 0.462 e. The van der Waals surface area contributed by atoms with Crippen molar-refractivity contribution in [3.63, 3.8) is 0 Å². The lowest BCUT2D eigenvalue weighted by Crippen LogP contribution is -2.30. The van der Waals surface area contributed by atoms with Crippen molar-refractivity contribution in [3.8, 4) is 0 Å². The van der Waals surface area contributed by atoms with Gasteiger partial charge in [-0.15, -0.1) is 0 Å². The number of carbonyl (C=O) groups is 4. The highest BCUT2D eigenvalue weighted by molar-refractivity contribution is 7.47. The second-order valence-electron chi connectivity index (χ2n) is 27.4. The molecule has 3 unspecified atom stereocenters. The maximum Gasteiger partial charge on any atom is 0.472 e. The van der Waals surface area contributed by atoms with Crippen LogP contribution >= 0.6 is 15.6 Å².